The molecule has 0 radical (unpaired) electrons. The molecule has 6 heteroatoms. The maximum atomic E-state index is 12.4. The van der Waals surface area contributed by atoms with Crippen LogP contribution in [0, 0.1) is 5.92 Å². The summed E-state index contributed by atoms with van der Waals surface area (Å²) in [4.78, 5) is 34.5. The van der Waals surface area contributed by atoms with Crippen LogP contribution in [-0.2, 0) is 25.5 Å². The number of ether oxygens (including phenoxy) is 1. The van der Waals surface area contributed by atoms with Gasteiger partial charge in [0.1, 0.15) is 0 Å². The number of nitrogens with one attached hydrogen (secondary N) is 1. The van der Waals surface area contributed by atoms with Crippen molar-refractivity contribution >= 4 is 17.8 Å². The smallest absolute Gasteiger partial charge is 0.309 e. The second-order valence-electron chi connectivity index (χ2n) is 7.10. The second kappa shape index (κ2) is 12.4. The molecular formula is C24H29NO5. The lowest BCUT2D eigenvalue weighted by Gasteiger charge is -2.16. The Hall–Kier alpha value is -3.15. The van der Waals surface area contributed by atoms with E-state index in [2.05, 4.69) is 29.6 Å². The van der Waals surface area contributed by atoms with E-state index < -0.39 is 5.97 Å². The van der Waals surface area contributed by atoms with Crippen LogP contribution in [0.2, 0.25) is 0 Å². The Morgan fingerprint density at radius 3 is 2.27 bits per heavy atom. The first-order valence-electron chi connectivity index (χ1n) is 10.3. The Kier molecular flexibility index (Phi) is 9.58. The molecule has 160 valence electrons. The van der Waals surface area contributed by atoms with E-state index in [4.69, 9.17) is 9.84 Å². The molecule has 2 rings (SSSR count). The van der Waals surface area contributed by atoms with E-state index in [9.17, 15) is 14.4 Å². The van der Waals surface area contributed by atoms with E-state index in [1.54, 1.807) is 6.92 Å². The molecule has 2 aromatic rings. The summed E-state index contributed by atoms with van der Waals surface area (Å²) in [6.07, 6.45) is 1.55. The molecule has 0 aliphatic heterocycles. The van der Waals surface area contributed by atoms with Crippen molar-refractivity contribution in [1.82, 2.24) is 5.32 Å². The highest BCUT2D eigenvalue weighted by atomic mass is 16.5. The predicted molar refractivity (Wildman–Crippen MR) is 115 cm³/mol. The van der Waals surface area contributed by atoms with E-state index >= 15 is 0 Å². The molecular weight excluding hydrogens is 382 g/mol. The first kappa shape index (κ1) is 23.1. The molecule has 0 heterocycles. The van der Waals surface area contributed by atoms with Gasteiger partial charge in [-0.15, -0.1) is 0 Å². The topological polar surface area (TPSA) is 92.7 Å². The highest BCUT2D eigenvalue weighted by Crippen LogP contribution is 2.22. The number of carbonyl (C=O) groups excluding carboxylic acids is 2. The van der Waals surface area contributed by atoms with Crippen molar-refractivity contribution in [3.63, 3.8) is 0 Å². The van der Waals surface area contributed by atoms with Gasteiger partial charge in [-0.3, -0.25) is 14.4 Å². The van der Waals surface area contributed by atoms with Gasteiger partial charge in [0, 0.05) is 13.0 Å². The zero-order chi connectivity index (χ0) is 21.8. The lowest BCUT2D eigenvalue weighted by Crippen LogP contribution is -2.26. The van der Waals surface area contributed by atoms with Gasteiger partial charge in [-0.25, -0.2) is 0 Å². The van der Waals surface area contributed by atoms with Gasteiger partial charge >= 0.3 is 11.9 Å². The molecule has 0 fully saturated rings. The Balaban J connectivity index is 1.89. The van der Waals surface area contributed by atoms with Crippen molar-refractivity contribution in [3.05, 3.63) is 60.2 Å². The predicted octanol–water partition coefficient (Wildman–Crippen LogP) is 3.84. The third-order valence-corrected chi connectivity index (χ3v) is 4.78. The summed E-state index contributed by atoms with van der Waals surface area (Å²) in [5, 5.41) is 11.3. The Morgan fingerprint density at radius 1 is 0.967 bits per heavy atom. The fraction of sp³-hybridized carbons (Fsp3) is 0.375. The van der Waals surface area contributed by atoms with Crippen molar-refractivity contribution in [2.45, 2.75) is 39.0 Å². The third-order valence-electron chi connectivity index (χ3n) is 4.78. The van der Waals surface area contributed by atoms with Crippen LogP contribution in [0.25, 0.3) is 11.1 Å². The average Bonchev–Trinajstić information content (AvgIpc) is 2.75. The first-order chi connectivity index (χ1) is 14.5. The largest absolute Gasteiger partial charge is 0.481 e. The molecule has 0 saturated heterocycles. The highest BCUT2D eigenvalue weighted by molar-refractivity contribution is 5.80. The molecule has 1 atom stereocenters. The van der Waals surface area contributed by atoms with Crippen LogP contribution >= 0.6 is 0 Å². The maximum absolute atomic E-state index is 12.4. The monoisotopic (exact) mass is 411 g/mol. The number of amides is 1. The molecule has 1 amide bonds. The van der Waals surface area contributed by atoms with Crippen LogP contribution in [0.4, 0.5) is 0 Å². The zero-order valence-electron chi connectivity index (χ0n) is 17.3. The molecule has 2 N–H and O–H groups in total. The number of carboxylic acid groups (broad SMARTS) is 1. The SMILES string of the molecule is CCOC(=O)[C@H](CCCNC(=O)CCC(=O)O)Cc1ccc(-c2ccccc2)cc1. The molecule has 30 heavy (non-hydrogen) atoms. The molecule has 0 aliphatic rings. The molecule has 2 aromatic carbocycles. The van der Waals surface area contributed by atoms with E-state index in [0.29, 0.717) is 32.4 Å². The Labute approximate surface area is 177 Å². The minimum atomic E-state index is -0.995. The van der Waals surface area contributed by atoms with E-state index in [1.807, 2.05) is 30.3 Å². The second-order valence-corrected chi connectivity index (χ2v) is 7.10. The zero-order valence-corrected chi connectivity index (χ0v) is 17.3. The molecule has 6 nitrogen and oxygen atoms in total. The number of aliphatic carboxylic acids is 1. The maximum Gasteiger partial charge on any atom is 0.309 e. The van der Waals surface area contributed by atoms with Crippen molar-refractivity contribution in [3.8, 4) is 11.1 Å². The fourth-order valence-corrected chi connectivity index (χ4v) is 3.20. The minimum absolute atomic E-state index is 0.0373. The number of carbonyl (C=O) groups is 3. The molecule has 0 saturated carbocycles. The Morgan fingerprint density at radius 2 is 1.63 bits per heavy atom. The lowest BCUT2D eigenvalue weighted by atomic mass is 9.93. The molecule has 0 spiro atoms. The van der Waals surface area contributed by atoms with Gasteiger partial charge in [0.05, 0.1) is 18.9 Å². The van der Waals surface area contributed by atoms with Crippen LogP contribution in [0.3, 0.4) is 0 Å². The minimum Gasteiger partial charge on any atom is -0.481 e. The fourth-order valence-electron chi connectivity index (χ4n) is 3.20. The van der Waals surface area contributed by atoms with Gasteiger partial charge in [-0.2, -0.15) is 0 Å². The number of hydrogen-bond acceptors (Lipinski definition) is 4. The standard InChI is InChI=1S/C24H29NO5/c1-2-30-24(29)21(9-6-16-25-22(26)14-15-23(27)28)17-18-10-12-20(13-11-18)19-7-4-3-5-8-19/h3-5,7-8,10-13,21H,2,6,9,14-17H2,1H3,(H,25,26)(H,27,28)/t21-/m1/s1. The van der Waals surface area contributed by atoms with E-state index in [-0.39, 0.29) is 30.6 Å². The first-order valence-corrected chi connectivity index (χ1v) is 10.3. The highest BCUT2D eigenvalue weighted by Gasteiger charge is 2.20. The number of esters is 1. The van der Waals surface area contributed by atoms with Gasteiger partial charge in [0.25, 0.3) is 0 Å². The van der Waals surface area contributed by atoms with Crippen LogP contribution in [0.15, 0.2) is 54.6 Å². The molecule has 0 unspecified atom stereocenters. The van der Waals surface area contributed by atoms with Gasteiger partial charge in [0.15, 0.2) is 0 Å². The third kappa shape index (κ3) is 8.07. The number of benzene rings is 2. The number of rotatable bonds is 12. The summed E-state index contributed by atoms with van der Waals surface area (Å²) in [5.41, 5.74) is 3.32. The van der Waals surface area contributed by atoms with Crippen LogP contribution < -0.4 is 5.32 Å². The van der Waals surface area contributed by atoms with E-state index in [1.165, 1.54) is 0 Å². The van der Waals surface area contributed by atoms with Gasteiger partial charge < -0.3 is 15.2 Å². The lowest BCUT2D eigenvalue weighted by molar-refractivity contribution is -0.148. The normalized spacial score (nSPS) is 11.5. The molecule has 0 bridgehead atoms. The van der Waals surface area contributed by atoms with Crippen molar-refractivity contribution in [1.29, 1.82) is 0 Å². The van der Waals surface area contributed by atoms with Gasteiger partial charge in [-0.1, -0.05) is 54.6 Å². The summed E-state index contributed by atoms with van der Waals surface area (Å²) in [7, 11) is 0. The van der Waals surface area contributed by atoms with Crippen molar-refractivity contribution < 1.29 is 24.2 Å². The average molecular weight is 411 g/mol. The van der Waals surface area contributed by atoms with Gasteiger partial charge in [0.2, 0.25) is 5.91 Å². The quantitative estimate of drug-likeness (QED) is 0.409. The summed E-state index contributed by atoms with van der Waals surface area (Å²) >= 11 is 0. The number of carboxylic acids is 1. The van der Waals surface area contributed by atoms with Crippen molar-refractivity contribution in [2.24, 2.45) is 5.92 Å². The summed E-state index contributed by atoms with van der Waals surface area (Å²) in [5.74, 6) is -1.81. The molecule has 0 aromatic heterocycles. The molecule has 0 aliphatic carbocycles. The summed E-state index contributed by atoms with van der Waals surface area (Å²) in [6.45, 7) is 2.52. The van der Waals surface area contributed by atoms with Crippen molar-refractivity contribution in [2.75, 3.05) is 13.2 Å². The van der Waals surface area contributed by atoms with Gasteiger partial charge in [-0.05, 0) is 42.9 Å². The summed E-state index contributed by atoms with van der Waals surface area (Å²) < 4.78 is 5.22. The van der Waals surface area contributed by atoms with E-state index in [0.717, 1.165) is 16.7 Å². The van der Waals surface area contributed by atoms with Crippen LogP contribution in [0.5, 0.6) is 0 Å². The van der Waals surface area contributed by atoms with Crippen LogP contribution in [-0.4, -0.2) is 36.1 Å². The number of hydrogen-bond donors (Lipinski definition) is 2. The summed E-state index contributed by atoms with van der Waals surface area (Å²) in [6, 6.07) is 18.3. The Bertz CT molecular complexity index is 817. The van der Waals surface area contributed by atoms with Crippen LogP contribution in [0.1, 0.15) is 38.2 Å².